The van der Waals surface area contributed by atoms with E-state index in [1.807, 2.05) is 24.4 Å². The lowest BCUT2D eigenvalue weighted by Gasteiger charge is -2.18. The van der Waals surface area contributed by atoms with E-state index in [0.29, 0.717) is 12.0 Å². The van der Waals surface area contributed by atoms with E-state index in [0.717, 1.165) is 31.1 Å². The predicted molar refractivity (Wildman–Crippen MR) is 70.4 cm³/mol. The molecule has 3 heterocycles. The summed E-state index contributed by atoms with van der Waals surface area (Å²) in [5, 5.41) is 3.55. The largest absolute Gasteiger partial charge is 0.381 e. The Bertz CT molecular complexity index is 483. The number of fused-ring (bicyclic) bond motifs is 1. The van der Waals surface area contributed by atoms with E-state index in [1.54, 1.807) is 0 Å². The van der Waals surface area contributed by atoms with E-state index in [4.69, 9.17) is 4.74 Å². The van der Waals surface area contributed by atoms with Crippen LogP contribution in [0.5, 0.6) is 0 Å². The van der Waals surface area contributed by atoms with Crippen LogP contribution in [0.3, 0.4) is 0 Å². The molecule has 2 atom stereocenters. The van der Waals surface area contributed by atoms with Crippen LogP contribution in [0.15, 0.2) is 30.6 Å². The highest BCUT2D eigenvalue weighted by molar-refractivity contribution is 5.39. The first-order chi connectivity index (χ1) is 8.83. The van der Waals surface area contributed by atoms with Crippen LogP contribution < -0.4 is 5.32 Å². The summed E-state index contributed by atoms with van der Waals surface area (Å²) < 4.78 is 7.47. The second-order valence-corrected chi connectivity index (χ2v) is 4.99. The monoisotopic (exact) mass is 245 g/mol. The van der Waals surface area contributed by atoms with Gasteiger partial charge in [0, 0.05) is 31.6 Å². The Balaban J connectivity index is 1.62. The van der Waals surface area contributed by atoms with E-state index in [1.165, 1.54) is 6.42 Å². The highest BCUT2D eigenvalue weighted by Crippen LogP contribution is 2.16. The number of rotatable bonds is 4. The number of hydrogen-bond acceptors (Lipinski definition) is 3. The van der Waals surface area contributed by atoms with E-state index in [9.17, 15) is 0 Å². The van der Waals surface area contributed by atoms with Gasteiger partial charge in [0.1, 0.15) is 5.65 Å². The lowest BCUT2D eigenvalue weighted by molar-refractivity contribution is 0.178. The molecule has 1 N–H and O–H groups in total. The zero-order chi connectivity index (χ0) is 12.4. The molecule has 0 aromatic carbocycles. The molecule has 0 saturated carbocycles. The molecule has 2 aromatic heterocycles. The quantitative estimate of drug-likeness (QED) is 0.893. The number of hydrogen-bond donors (Lipinski definition) is 1. The van der Waals surface area contributed by atoms with Gasteiger partial charge in [-0.15, -0.1) is 0 Å². The lowest BCUT2D eigenvalue weighted by atomic mass is 10.0. The maximum absolute atomic E-state index is 5.42. The second kappa shape index (κ2) is 5.08. The smallest absolute Gasteiger partial charge is 0.137 e. The molecular weight excluding hydrogens is 226 g/mol. The topological polar surface area (TPSA) is 38.6 Å². The average molecular weight is 245 g/mol. The van der Waals surface area contributed by atoms with Gasteiger partial charge in [0.15, 0.2) is 0 Å². The Morgan fingerprint density at radius 3 is 3.28 bits per heavy atom. The van der Waals surface area contributed by atoms with Crippen molar-refractivity contribution in [3.63, 3.8) is 0 Å². The van der Waals surface area contributed by atoms with Crippen LogP contribution in [-0.4, -0.2) is 28.6 Å². The van der Waals surface area contributed by atoms with Gasteiger partial charge in [-0.25, -0.2) is 4.98 Å². The van der Waals surface area contributed by atoms with Crippen molar-refractivity contribution in [2.75, 3.05) is 13.2 Å². The van der Waals surface area contributed by atoms with Crippen LogP contribution in [0.4, 0.5) is 0 Å². The van der Waals surface area contributed by atoms with Gasteiger partial charge in [-0.1, -0.05) is 6.07 Å². The van der Waals surface area contributed by atoms with Crippen molar-refractivity contribution >= 4 is 5.65 Å². The summed E-state index contributed by atoms with van der Waals surface area (Å²) >= 11 is 0. The molecule has 1 aliphatic heterocycles. The van der Waals surface area contributed by atoms with Crippen LogP contribution in [0.25, 0.3) is 5.65 Å². The third kappa shape index (κ3) is 2.40. The van der Waals surface area contributed by atoms with Crippen molar-refractivity contribution in [3.8, 4) is 0 Å². The Kier molecular flexibility index (Phi) is 3.30. The van der Waals surface area contributed by atoms with Gasteiger partial charge in [-0.2, -0.15) is 0 Å². The predicted octanol–water partition coefficient (Wildman–Crippen LogP) is 1.85. The van der Waals surface area contributed by atoms with Gasteiger partial charge in [-0.05, 0) is 31.4 Å². The molecule has 0 radical (unpaired) electrons. The first-order valence-electron chi connectivity index (χ1n) is 6.56. The van der Waals surface area contributed by atoms with Gasteiger partial charge < -0.3 is 14.5 Å². The molecule has 2 aromatic rings. The molecule has 4 heteroatoms. The molecule has 18 heavy (non-hydrogen) atoms. The van der Waals surface area contributed by atoms with Gasteiger partial charge in [-0.3, -0.25) is 0 Å². The van der Waals surface area contributed by atoms with Gasteiger partial charge in [0.25, 0.3) is 0 Å². The Labute approximate surface area is 107 Å². The van der Waals surface area contributed by atoms with Crippen LogP contribution in [0.1, 0.15) is 19.0 Å². The molecule has 3 rings (SSSR count). The number of ether oxygens (including phenoxy) is 1. The fourth-order valence-electron chi connectivity index (χ4n) is 2.45. The molecule has 96 valence electrons. The van der Waals surface area contributed by atoms with Crippen molar-refractivity contribution in [2.24, 2.45) is 5.92 Å². The van der Waals surface area contributed by atoms with Gasteiger partial charge in [0.2, 0.25) is 0 Å². The Hall–Kier alpha value is -1.39. The van der Waals surface area contributed by atoms with Crippen molar-refractivity contribution in [3.05, 3.63) is 36.3 Å². The molecule has 0 bridgehead atoms. The molecule has 0 spiro atoms. The summed E-state index contributed by atoms with van der Waals surface area (Å²) in [7, 11) is 0. The maximum Gasteiger partial charge on any atom is 0.137 e. The summed E-state index contributed by atoms with van der Waals surface area (Å²) in [6, 6.07) is 6.54. The number of imidazole rings is 1. The van der Waals surface area contributed by atoms with Gasteiger partial charge >= 0.3 is 0 Å². The molecule has 1 fully saturated rings. The summed E-state index contributed by atoms with van der Waals surface area (Å²) in [5.41, 5.74) is 2.10. The Morgan fingerprint density at radius 1 is 1.56 bits per heavy atom. The third-order valence-electron chi connectivity index (χ3n) is 3.69. The lowest BCUT2D eigenvalue weighted by Crippen LogP contribution is -2.33. The third-order valence-corrected chi connectivity index (χ3v) is 3.69. The zero-order valence-electron chi connectivity index (χ0n) is 10.7. The minimum absolute atomic E-state index is 0.484. The average Bonchev–Trinajstić information content (AvgIpc) is 3.04. The fraction of sp³-hybridized carbons (Fsp3) is 0.500. The molecule has 0 amide bonds. The first kappa shape index (κ1) is 11.7. The molecule has 1 aliphatic rings. The molecule has 1 saturated heterocycles. The normalized spacial score (nSPS) is 21.5. The Morgan fingerprint density at radius 2 is 2.50 bits per heavy atom. The minimum Gasteiger partial charge on any atom is -0.381 e. The van der Waals surface area contributed by atoms with Crippen LogP contribution in [0, 0.1) is 5.92 Å². The van der Waals surface area contributed by atoms with Crippen LogP contribution in [0.2, 0.25) is 0 Å². The second-order valence-electron chi connectivity index (χ2n) is 4.99. The zero-order valence-corrected chi connectivity index (χ0v) is 10.7. The van der Waals surface area contributed by atoms with E-state index in [-0.39, 0.29) is 0 Å². The van der Waals surface area contributed by atoms with Crippen molar-refractivity contribution < 1.29 is 4.74 Å². The highest BCUT2D eigenvalue weighted by atomic mass is 16.5. The van der Waals surface area contributed by atoms with Crippen molar-refractivity contribution in [1.82, 2.24) is 14.7 Å². The van der Waals surface area contributed by atoms with E-state index >= 15 is 0 Å². The van der Waals surface area contributed by atoms with Crippen LogP contribution >= 0.6 is 0 Å². The maximum atomic E-state index is 5.42. The van der Waals surface area contributed by atoms with Crippen molar-refractivity contribution in [2.45, 2.75) is 25.9 Å². The molecular formula is C14H19N3O. The minimum atomic E-state index is 0.484. The molecule has 2 unspecified atom stereocenters. The highest BCUT2D eigenvalue weighted by Gasteiger charge is 2.21. The summed E-state index contributed by atoms with van der Waals surface area (Å²) in [6.45, 7) is 4.85. The number of nitrogens with zero attached hydrogens (tertiary/aromatic N) is 2. The SMILES string of the molecule is CC(NCc1cn2ccccc2n1)C1CCOC1. The summed E-state index contributed by atoms with van der Waals surface area (Å²) in [6.07, 6.45) is 5.28. The number of nitrogens with one attached hydrogen (secondary N) is 1. The first-order valence-corrected chi connectivity index (χ1v) is 6.56. The molecule has 4 nitrogen and oxygen atoms in total. The summed E-state index contributed by atoms with van der Waals surface area (Å²) in [5.74, 6) is 0.641. The van der Waals surface area contributed by atoms with E-state index in [2.05, 4.69) is 27.8 Å². The summed E-state index contributed by atoms with van der Waals surface area (Å²) in [4.78, 5) is 4.58. The van der Waals surface area contributed by atoms with Gasteiger partial charge in [0.05, 0.1) is 12.3 Å². The van der Waals surface area contributed by atoms with Crippen LogP contribution in [-0.2, 0) is 11.3 Å². The number of pyridine rings is 1. The fourth-order valence-corrected chi connectivity index (χ4v) is 2.45. The number of aromatic nitrogens is 2. The van der Waals surface area contributed by atoms with Crippen molar-refractivity contribution in [1.29, 1.82) is 0 Å². The standard InChI is InChI=1S/C14H19N3O/c1-11(12-5-7-18-10-12)15-8-13-9-17-6-3-2-4-14(17)16-13/h2-4,6,9,11-12,15H,5,7-8,10H2,1H3. The molecule has 0 aliphatic carbocycles. The van der Waals surface area contributed by atoms with E-state index < -0.39 is 0 Å².